The zero-order valence-corrected chi connectivity index (χ0v) is 13.2. The van der Waals surface area contributed by atoms with Crippen molar-refractivity contribution in [1.29, 1.82) is 0 Å². The van der Waals surface area contributed by atoms with Gasteiger partial charge in [-0.1, -0.05) is 18.2 Å². The van der Waals surface area contributed by atoms with Crippen LogP contribution in [0.4, 0.5) is 0 Å². The number of hydrogen-bond acceptors (Lipinski definition) is 3. The normalized spacial score (nSPS) is 26.5. The molecule has 0 radical (unpaired) electrons. The second-order valence-corrected chi connectivity index (χ2v) is 6.61. The number of amides is 1. The molecule has 2 bridgehead atoms. The Morgan fingerprint density at radius 3 is 2.48 bits per heavy atom. The summed E-state index contributed by atoms with van der Waals surface area (Å²) in [4.78, 5) is 15.0. The van der Waals surface area contributed by atoms with Crippen LogP contribution in [-0.2, 0) is 0 Å². The van der Waals surface area contributed by atoms with Gasteiger partial charge in [0.15, 0.2) is 0 Å². The molecular weight excluding hydrogens is 290 g/mol. The summed E-state index contributed by atoms with van der Waals surface area (Å²) in [5, 5.41) is 14.3. The van der Waals surface area contributed by atoms with Gasteiger partial charge in [-0.2, -0.15) is 5.10 Å². The summed E-state index contributed by atoms with van der Waals surface area (Å²) < 4.78 is 1.81. The molecule has 0 spiro atoms. The van der Waals surface area contributed by atoms with E-state index >= 15 is 0 Å². The molecule has 0 aliphatic carbocycles. The van der Waals surface area contributed by atoms with E-state index in [0.717, 1.165) is 24.2 Å². The molecule has 1 aromatic carbocycles. The molecule has 2 unspecified atom stereocenters. The number of aliphatic hydroxyl groups excluding tert-OH is 1. The predicted octanol–water partition coefficient (Wildman–Crippen LogP) is 2.31. The fourth-order valence-electron chi connectivity index (χ4n) is 4.07. The number of rotatable bonds is 2. The summed E-state index contributed by atoms with van der Waals surface area (Å²) in [7, 11) is 0. The second-order valence-electron chi connectivity index (χ2n) is 6.61. The zero-order valence-electron chi connectivity index (χ0n) is 13.2. The van der Waals surface area contributed by atoms with Crippen LogP contribution in [0.5, 0.6) is 0 Å². The molecule has 4 rings (SSSR count). The molecule has 5 heteroatoms. The third-order valence-electron chi connectivity index (χ3n) is 5.18. The van der Waals surface area contributed by atoms with Crippen molar-refractivity contribution in [3.63, 3.8) is 0 Å². The van der Waals surface area contributed by atoms with E-state index in [1.807, 2.05) is 46.8 Å². The Hall–Kier alpha value is -2.14. The van der Waals surface area contributed by atoms with E-state index in [0.29, 0.717) is 18.4 Å². The van der Waals surface area contributed by atoms with Crippen molar-refractivity contribution >= 4 is 5.91 Å². The van der Waals surface area contributed by atoms with E-state index in [2.05, 4.69) is 5.10 Å². The summed E-state index contributed by atoms with van der Waals surface area (Å²) in [6.07, 6.45) is 4.82. The summed E-state index contributed by atoms with van der Waals surface area (Å²) in [6.45, 7) is 1.94. The third-order valence-corrected chi connectivity index (χ3v) is 5.18. The number of piperidine rings is 1. The Balaban J connectivity index is 1.64. The molecule has 2 aromatic rings. The van der Waals surface area contributed by atoms with Gasteiger partial charge in [0.05, 0.1) is 29.2 Å². The van der Waals surface area contributed by atoms with Gasteiger partial charge >= 0.3 is 0 Å². The second kappa shape index (κ2) is 5.49. The minimum absolute atomic E-state index is 0.0593. The summed E-state index contributed by atoms with van der Waals surface area (Å²) in [5.41, 5.74) is 2.50. The van der Waals surface area contributed by atoms with Crippen molar-refractivity contribution in [3.05, 3.63) is 47.8 Å². The molecule has 2 aliphatic heterocycles. The summed E-state index contributed by atoms with van der Waals surface area (Å²) >= 11 is 0. The van der Waals surface area contributed by atoms with Gasteiger partial charge in [0.1, 0.15) is 0 Å². The van der Waals surface area contributed by atoms with Crippen LogP contribution in [0.15, 0.2) is 36.5 Å². The van der Waals surface area contributed by atoms with E-state index in [-0.39, 0.29) is 24.1 Å². The molecular formula is C18H21N3O2. The van der Waals surface area contributed by atoms with Gasteiger partial charge in [-0.05, 0) is 44.7 Å². The van der Waals surface area contributed by atoms with Crippen molar-refractivity contribution in [2.75, 3.05) is 0 Å². The molecule has 0 saturated carbocycles. The number of aliphatic hydroxyl groups is 1. The lowest BCUT2D eigenvalue weighted by atomic mass is 9.99. The molecule has 120 valence electrons. The van der Waals surface area contributed by atoms with Crippen LogP contribution in [0.1, 0.15) is 41.7 Å². The van der Waals surface area contributed by atoms with Crippen LogP contribution in [0.2, 0.25) is 0 Å². The first-order chi connectivity index (χ1) is 11.1. The maximum Gasteiger partial charge on any atom is 0.257 e. The number of fused-ring (bicyclic) bond motifs is 2. The largest absolute Gasteiger partial charge is 0.393 e. The maximum absolute atomic E-state index is 13.0. The SMILES string of the molecule is Cc1c(C(=O)N2C3CCC2CC(O)C3)cnn1-c1ccccc1. The van der Waals surface area contributed by atoms with E-state index in [9.17, 15) is 9.90 Å². The summed E-state index contributed by atoms with van der Waals surface area (Å²) in [6, 6.07) is 10.2. The fraction of sp³-hybridized carbons (Fsp3) is 0.444. The van der Waals surface area contributed by atoms with Crippen molar-refractivity contribution in [3.8, 4) is 5.69 Å². The monoisotopic (exact) mass is 311 g/mol. The van der Waals surface area contributed by atoms with Crippen molar-refractivity contribution < 1.29 is 9.90 Å². The molecule has 2 aliphatic rings. The van der Waals surface area contributed by atoms with Crippen LogP contribution < -0.4 is 0 Å². The number of nitrogens with zero attached hydrogens (tertiary/aromatic N) is 3. The molecule has 2 fully saturated rings. The predicted molar refractivity (Wildman–Crippen MR) is 86.5 cm³/mol. The minimum atomic E-state index is -0.260. The van der Waals surface area contributed by atoms with E-state index < -0.39 is 0 Å². The lowest BCUT2D eigenvalue weighted by molar-refractivity contribution is 0.0286. The van der Waals surface area contributed by atoms with Crippen LogP contribution >= 0.6 is 0 Å². The number of carbonyl (C=O) groups is 1. The smallest absolute Gasteiger partial charge is 0.257 e. The van der Waals surface area contributed by atoms with Crippen molar-refractivity contribution in [1.82, 2.24) is 14.7 Å². The zero-order chi connectivity index (χ0) is 16.0. The van der Waals surface area contributed by atoms with E-state index in [4.69, 9.17) is 0 Å². The van der Waals surface area contributed by atoms with Crippen LogP contribution in [-0.4, -0.2) is 43.9 Å². The highest BCUT2D eigenvalue weighted by Gasteiger charge is 2.43. The Kier molecular flexibility index (Phi) is 3.45. The van der Waals surface area contributed by atoms with Gasteiger partial charge in [-0.15, -0.1) is 0 Å². The highest BCUT2D eigenvalue weighted by Crippen LogP contribution is 2.37. The molecule has 23 heavy (non-hydrogen) atoms. The highest BCUT2D eigenvalue weighted by atomic mass is 16.3. The third kappa shape index (κ3) is 2.36. The Bertz CT molecular complexity index is 711. The fourth-order valence-corrected chi connectivity index (χ4v) is 4.07. The first-order valence-electron chi connectivity index (χ1n) is 8.26. The molecule has 1 amide bonds. The lowest BCUT2D eigenvalue weighted by Gasteiger charge is -2.37. The van der Waals surface area contributed by atoms with Crippen LogP contribution in [0.25, 0.3) is 5.69 Å². The van der Waals surface area contributed by atoms with Gasteiger partial charge in [0, 0.05) is 12.1 Å². The Morgan fingerprint density at radius 2 is 1.83 bits per heavy atom. The Morgan fingerprint density at radius 1 is 1.17 bits per heavy atom. The number of benzene rings is 1. The average molecular weight is 311 g/mol. The number of hydrogen-bond donors (Lipinski definition) is 1. The Labute approximate surface area is 135 Å². The molecule has 2 saturated heterocycles. The average Bonchev–Trinajstić information content (AvgIpc) is 3.06. The summed E-state index contributed by atoms with van der Waals surface area (Å²) in [5.74, 6) is 0.0593. The standard InChI is InChI=1S/C18H21N3O2/c1-12-17(11-19-21(12)13-5-3-2-4-6-13)18(23)20-14-7-8-15(20)10-16(22)9-14/h2-6,11,14-16,22H,7-10H2,1H3. The quantitative estimate of drug-likeness (QED) is 0.926. The van der Waals surface area contributed by atoms with Crippen LogP contribution in [0.3, 0.4) is 0 Å². The highest BCUT2D eigenvalue weighted by molar-refractivity contribution is 5.96. The first-order valence-corrected chi connectivity index (χ1v) is 8.26. The number of para-hydroxylation sites is 1. The van der Waals surface area contributed by atoms with Gasteiger partial charge in [-0.3, -0.25) is 4.79 Å². The van der Waals surface area contributed by atoms with Crippen molar-refractivity contribution in [2.24, 2.45) is 0 Å². The van der Waals surface area contributed by atoms with E-state index in [1.54, 1.807) is 6.20 Å². The molecule has 1 aromatic heterocycles. The van der Waals surface area contributed by atoms with E-state index in [1.165, 1.54) is 0 Å². The molecule has 5 nitrogen and oxygen atoms in total. The van der Waals surface area contributed by atoms with Gasteiger partial charge in [-0.25, -0.2) is 4.68 Å². The minimum Gasteiger partial charge on any atom is -0.393 e. The molecule has 2 atom stereocenters. The van der Waals surface area contributed by atoms with Crippen molar-refractivity contribution in [2.45, 2.75) is 50.8 Å². The van der Waals surface area contributed by atoms with Gasteiger partial charge in [0.2, 0.25) is 0 Å². The lowest BCUT2D eigenvalue weighted by Crippen LogP contribution is -2.48. The number of carbonyl (C=O) groups excluding carboxylic acids is 1. The van der Waals surface area contributed by atoms with Crippen LogP contribution in [0, 0.1) is 6.92 Å². The van der Waals surface area contributed by atoms with Gasteiger partial charge < -0.3 is 10.0 Å². The molecule has 3 heterocycles. The molecule has 1 N–H and O–H groups in total. The maximum atomic E-state index is 13.0. The van der Waals surface area contributed by atoms with Gasteiger partial charge in [0.25, 0.3) is 5.91 Å². The number of aromatic nitrogens is 2. The first kappa shape index (κ1) is 14.5. The topological polar surface area (TPSA) is 58.4 Å².